The van der Waals surface area contributed by atoms with Crippen molar-refractivity contribution in [1.82, 2.24) is 0 Å². The molecule has 1 aliphatic carbocycles. The van der Waals surface area contributed by atoms with E-state index in [2.05, 4.69) is 6.58 Å². The molecule has 160 valence electrons. The van der Waals surface area contributed by atoms with Gasteiger partial charge in [0.25, 0.3) is 5.92 Å². The summed E-state index contributed by atoms with van der Waals surface area (Å²) in [6.07, 6.45) is -5.76. The molecule has 1 atom stereocenters. The lowest BCUT2D eigenvalue weighted by atomic mass is 9.87. The highest BCUT2D eigenvalue weighted by molar-refractivity contribution is 7.94. The van der Waals surface area contributed by atoms with E-state index in [4.69, 9.17) is 0 Å². The second kappa shape index (κ2) is 7.51. The molecule has 0 fully saturated rings. The smallest absolute Gasteiger partial charge is 0.280 e. The van der Waals surface area contributed by atoms with Gasteiger partial charge in [-0.15, -0.1) is 6.58 Å². The molecule has 0 saturated heterocycles. The Bertz CT molecular complexity index is 980. The molecule has 1 aromatic rings. The molecule has 0 spiro atoms. The van der Waals surface area contributed by atoms with Crippen LogP contribution in [0.25, 0.3) is 0 Å². The van der Waals surface area contributed by atoms with Crippen LogP contribution in [0.15, 0.2) is 54.2 Å². The van der Waals surface area contributed by atoms with E-state index in [-0.39, 0.29) is 6.08 Å². The first-order valence-electron chi connectivity index (χ1n) is 8.08. The summed E-state index contributed by atoms with van der Waals surface area (Å²) >= 11 is 0. The summed E-state index contributed by atoms with van der Waals surface area (Å²) in [6, 6.07) is 1.82. The van der Waals surface area contributed by atoms with Gasteiger partial charge in [0, 0.05) is 30.1 Å². The van der Waals surface area contributed by atoms with Gasteiger partial charge in [-0.25, -0.2) is 26.0 Å². The lowest BCUT2D eigenvalue weighted by Crippen LogP contribution is -2.43. The molecule has 2 rings (SSSR count). The van der Waals surface area contributed by atoms with E-state index in [0.717, 1.165) is 25.1 Å². The Labute approximate surface area is 162 Å². The van der Waals surface area contributed by atoms with E-state index in [1.807, 2.05) is 0 Å². The molecule has 11 heteroatoms. The van der Waals surface area contributed by atoms with Crippen LogP contribution in [0.2, 0.25) is 0 Å². The Morgan fingerprint density at radius 3 is 2.34 bits per heavy atom. The predicted molar refractivity (Wildman–Crippen MR) is 93.9 cm³/mol. The minimum atomic E-state index is -5.07. The number of hydrogen-bond acceptors (Lipinski definition) is 2. The van der Waals surface area contributed by atoms with E-state index < -0.39 is 68.2 Å². The highest BCUT2D eigenvalue weighted by atomic mass is 32.2. The van der Waals surface area contributed by atoms with E-state index in [9.17, 15) is 39.2 Å². The van der Waals surface area contributed by atoms with Gasteiger partial charge < -0.3 is 0 Å². The summed E-state index contributed by atoms with van der Waals surface area (Å²) < 4.78 is 120. The summed E-state index contributed by atoms with van der Waals surface area (Å²) in [5.41, 5.74) is -3.36. The summed E-state index contributed by atoms with van der Waals surface area (Å²) in [4.78, 5) is 0. The Kier molecular flexibility index (Phi) is 5.95. The molecule has 0 radical (unpaired) electrons. The molecule has 0 aromatic heterocycles. The molecule has 0 aliphatic heterocycles. The topological polar surface area (TPSA) is 46.2 Å². The lowest BCUT2D eigenvalue weighted by molar-refractivity contribution is -0.0950. The SMILES string of the molecule is C=CCC(F)(F)C1=CC(C)(S(=O)(=O)Nc2ccc(F)cc2F)CC(C(F)(F)F)=C1. The van der Waals surface area contributed by atoms with Gasteiger partial charge >= 0.3 is 6.18 Å². The van der Waals surface area contributed by atoms with Crippen molar-refractivity contribution in [2.24, 2.45) is 0 Å². The molecule has 1 aromatic carbocycles. The number of rotatable bonds is 6. The fourth-order valence-electron chi connectivity index (χ4n) is 2.74. The maximum Gasteiger partial charge on any atom is 0.412 e. The van der Waals surface area contributed by atoms with Gasteiger partial charge in [0.1, 0.15) is 16.4 Å². The van der Waals surface area contributed by atoms with Gasteiger partial charge in [-0.2, -0.15) is 13.2 Å². The van der Waals surface area contributed by atoms with Crippen molar-refractivity contribution >= 4 is 15.7 Å². The minimum Gasteiger partial charge on any atom is -0.280 e. The fourth-order valence-corrected chi connectivity index (χ4v) is 4.05. The van der Waals surface area contributed by atoms with Gasteiger partial charge in [-0.3, -0.25) is 4.72 Å². The van der Waals surface area contributed by atoms with Gasteiger partial charge in [0.05, 0.1) is 5.69 Å². The monoisotopic (exact) mass is 443 g/mol. The first kappa shape index (κ1) is 23.0. The zero-order chi connectivity index (χ0) is 22.3. The molecule has 1 N–H and O–H groups in total. The molecular weight excluding hydrogens is 427 g/mol. The lowest BCUT2D eigenvalue weighted by Gasteiger charge is -2.34. The Hall–Kier alpha value is -2.30. The molecule has 3 nitrogen and oxygen atoms in total. The number of anilines is 1. The summed E-state index contributed by atoms with van der Waals surface area (Å²) in [6.45, 7) is 3.92. The third-order valence-corrected chi connectivity index (χ3v) is 6.29. The van der Waals surface area contributed by atoms with Crippen LogP contribution in [0.1, 0.15) is 19.8 Å². The van der Waals surface area contributed by atoms with Crippen LogP contribution in [-0.4, -0.2) is 25.3 Å². The second-order valence-electron chi connectivity index (χ2n) is 6.68. The third kappa shape index (κ3) is 4.82. The molecule has 29 heavy (non-hydrogen) atoms. The van der Waals surface area contributed by atoms with Crippen molar-refractivity contribution in [2.45, 2.75) is 36.6 Å². The van der Waals surface area contributed by atoms with Gasteiger partial charge in [-0.1, -0.05) is 12.2 Å². The standard InChI is InChI=1S/C18H16F7NO2S/c1-3-6-17(21,22)11-7-12(18(23,24)25)10-16(2,9-11)29(27,28)26-15-5-4-13(19)8-14(15)20/h3-5,7-9,26H,1,6,10H2,2H3. The molecular formula is C18H16F7NO2S. The van der Waals surface area contributed by atoms with Gasteiger partial charge in [0.15, 0.2) is 0 Å². The fraction of sp³-hybridized carbons (Fsp3) is 0.333. The summed E-state index contributed by atoms with van der Waals surface area (Å²) in [5, 5.41) is 0. The van der Waals surface area contributed by atoms with Crippen molar-refractivity contribution in [3.05, 3.63) is 65.8 Å². The number of allylic oxidation sites excluding steroid dienone is 4. The van der Waals surface area contributed by atoms with Crippen LogP contribution >= 0.6 is 0 Å². The average molecular weight is 443 g/mol. The predicted octanol–water partition coefficient (Wildman–Crippen LogP) is 5.50. The van der Waals surface area contributed by atoms with Crippen LogP contribution in [0.4, 0.5) is 36.4 Å². The van der Waals surface area contributed by atoms with Crippen molar-refractivity contribution in [3.8, 4) is 0 Å². The van der Waals surface area contributed by atoms with Crippen LogP contribution in [0.5, 0.6) is 0 Å². The zero-order valence-electron chi connectivity index (χ0n) is 15.0. The van der Waals surface area contributed by atoms with Crippen molar-refractivity contribution < 1.29 is 39.2 Å². The first-order chi connectivity index (χ1) is 13.1. The van der Waals surface area contributed by atoms with Crippen LogP contribution in [-0.2, 0) is 10.0 Å². The number of hydrogen-bond donors (Lipinski definition) is 1. The minimum absolute atomic E-state index is 0.208. The van der Waals surface area contributed by atoms with E-state index in [1.165, 1.54) is 0 Å². The van der Waals surface area contributed by atoms with Crippen LogP contribution < -0.4 is 4.72 Å². The number of halogens is 7. The Balaban J connectivity index is 2.57. The van der Waals surface area contributed by atoms with E-state index in [1.54, 1.807) is 4.72 Å². The largest absolute Gasteiger partial charge is 0.412 e. The van der Waals surface area contributed by atoms with E-state index >= 15 is 0 Å². The highest BCUT2D eigenvalue weighted by Gasteiger charge is 2.49. The van der Waals surface area contributed by atoms with Crippen LogP contribution in [0.3, 0.4) is 0 Å². The molecule has 0 amide bonds. The van der Waals surface area contributed by atoms with Gasteiger partial charge in [0.2, 0.25) is 10.0 Å². The molecule has 0 bridgehead atoms. The summed E-state index contributed by atoms with van der Waals surface area (Å²) in [5.74, 6) is -6.14. The average Bonchev–Trinajstić information content (AvgIpc) is 2.56. The molecule has 1 aliphatic rings. The van der Waals surface area contributed by atoms with Crippen LogP contribution in [0, 0.1) is 11.6 Å². The maximum atomic E-state index is 14.3. The normalized spacial score (nSPS) is 20.7. The van der Waals surface area contributed by atoms with Crippen molar-refractivity contribution in [1.29, 1.82) is 0 Å². The second-order valence-corrected chi connectivity index (χ2v) is 8.83. The molecule has 1 unspecified atom stereocenters. The van der Waals surface area contributed by atoms with Crippen molar-refractivity contribution in [2.75, 3.05) is 4.72 Å². The first-order valence-corrected chi connectivity index (χ1v) is 9.57. The number of nitrogens with one attached hydrogen (secondary N) is 1. The number of alkyl halides is 5. The number of benzene rings is 1. The zero-order valence-corrected chi connectivity index (χ0v) is 15.8. The quantitative estimate of drug-likeness (QED) is 0.467. The highest BCUT2D eigenvalue weighted by Crippen LogP contribution is 2.45. The molecule has 0 saturated carbocycles. The Morgan fingerprint density at radius 2 is 1.83 bits per heavy atom. The Morgan fingerprint density at radius 1 is 1.21 bits per heavy atom. The third-order valence-electron chi connectivity index (χ3n) is 4.31. The van der Waals surface area contributed by atoms with Gasteiger partial charge in [-0.05, 0) is 25.1 Å². The number of sulfonamides is 1. The van der Waals surface area contributed by atoms with E-state index in [0.29, 0.717) is 12.1 Å². The summed E-state index contributed by atoms with van der Waals surface area (Å²) in [7, 11) is -4.86. The maximum absolute atomic E-state index is 14.3. The van der Waals surface area contributed by atoms with Crippen molar-refractivity contribution in [3.63, 3.8) is 0 Å². The molecule has 0 heterocycles.